The first-order valence-electron chi connectivity index (χ1n) is 13.9. The zero-order valence-electron chi connectivity index (χ0n) is 21.1. The van der Waals surface area contributed by atoms with Gasteiger partial charge in [-0.15, -0.1) is 0 Å². The van der Waals surface area contributed by atoms with Crippen molar-refractivity contribution in [2.45, 2.75) is 75.8 Å². The highest BCUT2D eigenvalue weighted by Gasteiger charge is 2.44. The molecule has 2 unspecified atom stereocenters. The highest BCUT2D eigenvalue weighted by molar-refractivity contribution is 5.82. The van der Waals surface area contributed by atoms with Gasteiger partial charge in [0.2, 0.25) is 0 Å². The van der Waals surface area contributed by atoms with E-state index in [0.29, 0.717) is 44.9 Å². The first-order chi connectivity index (χ1) is 17.7. The van der Waals surface area contributed by atoms with Crippen LogP contribution < -0.4 is 0 Å². The van der Waals surface area contributed by atoms with Gasteiger partial charge in [-0.05, 0) is 47.4 Å². The fourth-order valence-corrected chi connectivity index (χ4v) is 7.17. The van der Waals surface area contributed by atoms with Crippen molar-refractivity contribution in [2.24, 2.45) is 11.8 Å². The maximum absolute atomic E-state index is 13.4. The van der Waals surface area contributed by atoms with E-state index in [4.69, 9.17) is 9.47 Å². The average molecular weight is 488 g/mol. The lowest BCUT2D eigenvalue weighted by Gasteiger charge is -2.47. The molecule has 0 spiro atoms. The number of morpholine rings is 1. The van der Waals surface area contributed by atoms with Crippen molar-refractivity contribution in [3.63, 3.8) is 0 Å². The summed E-state index contributed by atoms with van der Waals surface area (Å²) >= 11 is 0. The molecule has 2 aliphatic carbocycles. The van der Waals surface area contributed by atoms with Crippen LogP contribution >= 0.6 is 0 Å². The number of fused-ring (bicyclic) bond motifs is 5. The van der Waals surface area contributed by atoms with E-state index < -0.39 is 0 Å². The predicted octanol–water partition coefficient (Wildman–Crippen LogP) is 6.34. The summed E-state index contributed by atoms with van der Waals surface area (Å²) in [7, 11) is 0. The number of carbonyl (C=O) groups is 2. The van der Waals surface area contributed by atoms with Crippen molar-refractivity contribution in [2.75, 3.05) is 19.8 Å². The minimum absolute atomic E-state index is 0.0464. The molecule has 0 radical (unpaired) electrons. The van der Waals surface area contributed by atoms with Crippen LogP contribution in [0.4, 0.5) is 4.79 Å². The van der Waals surface area contributed by atoms with Gasteiger partial charge in [0.1, 0.15) is 12.4 Å². The van der Waals surface area contributed by atoms with Gasteiger partial charge >= 0.3 is 6.09 Å². The molecule has 4 aliphatic rings. The van der Waals surface area contributed by atoms with Crippen molar-refractivity contribution in [1.82, 2.24) is 4.90 Å². The molecule has 2 aromatic carbocycles. The molecule has 1 amide bonds. The van der Waals surface area contributed by atoms with Gasteiger partial charge in [-0.3, -0.25) is 9.69 Å². The Morgan fingerprint density at radius 2 is 1.47 bits per heavy atom. The first-order valence-corrected chi connectivity index (χ1v) is 13.9. The lowest BCUT2D eigenvalue weighted by molar-refractivity contribution is -0.131. The minimum atomic E-state index is -0.261. The van der Waals surface area contributed by atoms with Gasteiger partial charge < -0.3 is 9.47 Å². The zero-order chi connectivity index (χ0) is 24.5. The molecule has 1 saturated carbocycles. The van der Waals surface area contributed by atoms with Crippen molar-refractivity contribution >= 4 is 11.9 Å². The fourth-order valence-electron chi connectivity index (χ4n) is 7.17. The maximum atomic E-state index is 13.4. The molecule has 3 fully saturated rings. The van der Waals surface area contributed by atoms with E-state index in [1.807, 2.05) is 4.90 Å². The van der Waals surface area contributed by atoms with Gasteiger partial charge in [-0.25, -0.2) is 4.79 Å². The molecule has 5 nitrogen and oxygen atoms in total. The summed E-state index contributed by atoms with van der Waals surface area (Å²) in [6.45, 7) is 1.31. The Balaban J connectivity index is 1.08. The SMILES string of the molecule is O=C(CCC1CCCCC1)C1CC2COCC(C1)N2C(=O)OCC1c2ccccc2-c2ccccc21. The van der Waals surface area contributed by atoms with Crippen LogP contribution in [0.2, 0.25) is 0 Å². The number of hydrogen-bond donors (Lipinski definition) is 0. The largest absolute Gasteiger partial charge is 0.448 e. The van der Waals surface area contributed by atoms with Gasteiger partial charge in [0.05, 0.1) is 25.3 Å². The fraction of sp³-hybridized carbons (Fsp3) is 0.548. The molecule has 36 heavy (non-hydrogen) atoms. The van der Waals surface area contributed by atoms with E-state index in [1.54, 1.807) is 0 Å². The second-order valence-electron chi connectivity index (χ2n) is 11.2. The third-order valence-electron chi connectivity index (χ3n) is 9.05. The third kappa shape index (κ3) is 4.58. The Morgan fingerprint density at radius 3 is 2.11 bits per heavy atom. The summed E-state index contributed by atoms with van der Waals surface area (Å²) in [6, 6.07) is 16.7. The molecule has 2 aliphatic heterocycles. The topological polar surface area (TPSA) is 55.8 Å². The Bertz CT molecular complexity index is 1050. The van der Waals surface area contributed by atoms with Crippen molar-refractivity contribution in [3.8, 4) is 11.1 Å². The molecule has 2 heterocycles. The highest BCUT2D eigenvalue weighted by Crippen LogP contribution is 2.45. The van der Waals surface area contributed by atoms with Crippen LogP contribution in [0, 0.1) is 11.8 Å². The molecule has 2 aromatic rings. The van der Waals surface area contributed by atoms with Crippen molar-refractivity contribution in [1.29, 1.82) is 0 Å². The van der Waals surface area contributed by atoms with Gasteiger partial charge in [-0.1, -0.05) is 80.6 Å². The Labute approximate surface area is 214 Å². The molecular weight excluding hydrogens is 450 g/mol. The normalized spacial score (nSPS) is 25.8. The van der Waals surface area contributed by atoms with Crippen LogP contribution in [-0.2, 0) is 14.3 Å². The smallest absolute Gasteiger partial charge is 0.410 e. The molecule has 2 bridgehead atoms. The van der Waals surface area contributed by atoms with Crippen molar-refractivity contribution < 1.29 is 19.1 Å². The molecule has 0 aromatic heterocycles. The number of ketones is 1. The number of carbonyl (C=O) groups excluding carboxylic acids is 2. The van der Waals surface area contributed by atoms with Crippen LogP contribution in [0.15, 0.2) is 48.5 Å². The Morgan fingerprint density at radius 1 is 0.861 bits per heavy atom. The van der Waals surface area contributed by atoms with E-state index in [1.165, 1.54) is 54.4 Å². The number of hydrogen-bond acceptors (Lipinski definition) is 4. The average Bonchev–Trinajstić information content (AvgIpc) is 3.24. The lowest BCUT2D eigenvalue weighted by Crippen LogP contribution is -2.60. The van der Waals surface area contributed by atoms with E-state index in [9.17, 15) is 9.59 Å². The number of Topliss-reactive ketones (excluding diaryl/α,β-unsaturated/α-hetero) is 1. The highest BCUT2D eigenvalue weighted by atomic mass is 16.6. The second-order valence-corrected chi connectivity index (χ2v) is 11.2. The number of rotatable bonds is 6. The molecule has 0 N–H and O–H groups in total. The van der Waals surface area contributed by atoms with E-state index in [0.717, 1.165) is 12.3 Å². The Kier molecular flexibility index (Phi) is 6.83. The summed E-state index contributed by atoms with van der Waals surface area (Å²) in [4.78, 5) is 28.4. The molecule has 2 atom stereocenters. The third-order valence-corrected chi connectivity index (χ3v) is 9.05. The van der Waals surface area contributed by atoms with Crippen LogP contribution in [0.25, 0.3) is 11.1 Å². The predicted molar refractivity (Wildman–Crippen MR) is 139 cm³/mol. The second kappa shape index (κ2) is 10.4. The molecule has 6 rings (SSSR count). The van der Waals surface area contributed by atoms with E-state index >= 15 is 0 Å². The van der Waals surface area contributed by atoms with Gasteiger partial charge in [0, 0.05) is 18.3 Å². The van der Waals surface area contributed by atoms with E-state index in [-0.39, 0.29) is 30.0 Å². The summed E-state index contributed by atoms with van der Waals surface area (Å²) in [5, 5.41) is 0. The number of ether oxygens (including phenoxy) is 2. The maximum Gasteiger partial charge on any atom is 0.410 e. The van der Waals surface area contributed by atoms with Gasteiger partial charge in [0.25, 0.3) is 0 Å². The summed E-state index contributed by atoms with van der Waals surface area (Å²) < 4.78 is 11.8. The number of benzene rings is 2. The minimum Gasteiger partial charge on any atom is -0.448 e. The number of nitrogens with zero attached hydrogens (tertiary/aromatic N) is 1. The summed E-state index contributed by atoms with van der Waals surface area (Å²) in [5.41, 5.74) is 4.90. The monoisotopic (exact) mass is 487 g/mol. The molecular formula is C31H37NO4. The van der Waals surface area contributed by atoms with Gasteiger partial charge in [-0.2, -0.15) is 0 Å². The lowest BCUT2D eigenvalue weighted by atomic mass is 9.79. The van der Waals surface area contributed by atoms with Crippen LogP contribution in [0.3, 0.4) is 0 Å². The van der Waals surface area contributed by atoms with Crippen molar-refractivity contribution in [3.05, 3.63) is 59.7 Å². The molecule has 2 saturated heterocycles. The Hall–Kier alpha value is -2.66. The van der Waals surface area contributed by atoms with E-state index in [2.05, 4.69) is 48.5 Å². The standard InChI is InChI=1S/C31H37NO4/c33-30(15-14-21-8-2-1-3-9-21)22-16-23-18-35-19-24(17-22)32(23)31(34)36-20-29-27-12-6-4-10-25(27)26-11-5-7-13-28(26)29/h4-7,10-13,21-24,29H,1-3,8-9,14-20H2. The molecule has 5 heteroatoms. The summed E-state index contributed by atoms with van der Waals surface area (Å²) in [6.07, 6.45) is 9.42. The van der Waals surface area contributed by atoms with Crippen LogP contribution in [-0.4, -0.2) is 48.7 Å². The summed E-state index contributed by atoms with van der Waals surface area (Å²) in [5.74, 6) is 1.22. The first kappa shape index (κ1) is 23.7. The number of piperidine rings is 1. The number of amides is 1. The quantitative estimate of drug-likeness (QED) is 0.477. The van der Waals surface area contributed by atoms with Gasteiger partial charge in [0.15, 0.2) is 0 Å². The van der Waals surface area contributed by atoms with Crippen LogP contribution in [0.1, 0.15) is 74.8 Å². The zero-order valence-corrected chi connectivity index (χ0v) is 21.1. The van der Waals surface area contributed by atoms with Crippen LogP contribution in [0.5, 0.6) is 0 Å². The molecule has 190 valence electrons.